The van der Waals surface area contributed by atoms with Crippen molar-refractivity contribution < 1.29 is 0 Å². The highest BCUT2D eigenvalue weighted by atomic mass is 127. The number of halogens is 2. The van der Waals surface area contributed by atoms with Crippen LogP contribution in [0.4, 0.5) is 0 Å². The summed E-state index contributed by atoms with van der Waals surface area (Å²) in [5.41, 5.74) is 4.39. The number of nitrogens with zero attached hydrogens (tertiary/aromatic N) is 6. The molecular weight excluding hydrogens is 691 g/mol. The van der Waals surface area contributed by atoms with Crippen LogP contribution in [0.5, 0.6) is 0 Å². The Morgan fingerprint density at radius 2 is 1.63 bits per heavy atom. The van der Waals surface area contributed by atoms with E-state index in [4.69, 9.17) is 21.7 Å². The van der Waals surface area contributed by atoms with E-state index in [1.54, 1.807) is 33.1 Å². The zero-order valence-electron chi connectivity index (χ0n) is 22.9. The van der Waals surface area contributed by atoms with Gasteiger partial charge in [-0.05, 0) is 83.1 Å². The topological polar surface area (TPSA) is 78.0 Å². The maximum absolute atomic E-state index is 14.2. The zero-order valence-corrected chi connectivity index (χ0v) is 26.7. The zero-order chi connectivity index (χ0) is 29.5. The van der Waals surface area contributed by atoms with Crippen LogP contribution in [0.3, 0.4) is 0 Å². The molecule has 0 bridgehead atoms. The van der Waals surface area contributed by atoms with E-state index in [2.05, 4.69) is 69.2 Å². The molecule has 1 aliphatic rings. The average Bonchev–Trinajstić information content (AvgIpc) is 3.32. The number of aromatic nitrogens is 5. The molecule has 0 N–H and O–H groups in total. The van der Waals surface area contributed by atoms with E-state index in [1.165, 1.54) is 5.56 Å². The van der Waals surface area contributed by atoms with E-state index in [0.29, 0.717) is 39.2 Å². The second kappa shape index (κ2) is 11.7. The van der Waals surface area contributed by atoms with Crippen molar-refractivity contribution in [3.05, 3.63) is 139 Å². The van der Waals surface area contributed by atoms with Crippen molar-refractivity contribution in [3.8, 4) is 11.4 Å². The van der Waals surface area contributed by atoms with Gasteiger partial charge < -0.3 is 0 Å². The van der Waals surface area contributed by atoms with E-state index in [-0.39, 0.29) is 10.8 Å². The molecule has 2 aromatic heterocycles. The molecule has 43 heavy (non-hydrogen) atoms. The smallest absolute Gasteiger partial charge is 0.262 e. The van der Waals surface area contributed by atoms with Gasteiger partial charge >= 0.3 is 0 Å². The Hall–Kier alpha value is -3.80. The first kappa shape index (κ1) is 28.0. The summed E-state index contributed by atoms with van der Waals surface area (Å²) in [4.78, 5) is 19.2. The van der Waals surface area contributed by atoms with Gasteiger partial charge in [0, 0.05) is 25.8 Å². The number of hydrogen-bond acceptors (Lipinski definition) is 6. The molecule has 4 aromatic carbocycles. The Morgan fingerprint density at radius 1 is 0.907 bits per heavy atom. The highest BCUT2D eigenvalue weighted by molar-refractivity contribution is 14.1. The Kier molecular flexibility index (Phi) is 7.62. The first-order valence-corrected chi connectivity index (χ1v) is 16.1. The highest BCUT2D eigenvalue weighted by Gasteiger charge is 2.30. The molecule has 0 radical (unpaired) electrons. The third kappa shape index (κ3) is 5.41. The van der Waals surface area contributed by atoms with E-state index in [1.807, 2.05) is 61.5 Å². The largest absolute Gasteiger partial charge is 0.281 e. The summed E-state index contributed by atoms with van der Waals surface area (Å²) in [6.07, 6.45) is 0.710. The first-order chi connectivity index (χ1) is 21.0. The van der Waals surface area contributed by atoms with Crippen LogP contribution in [-0.2, 0) is 0 Å². The van der Waals surface area contributed by atoms with Crippen LogP contribution in [-0.4, -0.2) is 30.1 Å². The van der Waals surface area contributed by atoms with E-state index < -0.39 is 6.04 Å². The van der Waals surface area contributed by atoms with Crippen molar-refractivity contribution in [3.63, 3.8) is 0 Å². The minimum Gasteiger partial charge on any atom is -0.281 e. The Balaban J connectivity index is 1.42. The summed E-state index contributed by atoms with van der Waals surface area (Å²) in [5.74, 6) is 1.07. The molecule has 0 saturated carbocycles. The lowest BCUT2D eigenvalue weighted by atomic mass is 10.0. The molecule has 0 saturated heterocycles. The fourth-order valence-corrected chi connectivity index (χ4v) is 7.05. The Labute approximate surface area is 270 Å². The molecule has 0 spiro atoms. The Bertz CT molecular complexity index is 2040. The molecule has 10 heteroatoms. The average molecular weight is 715 g/mol. The number of fused-ring (bicyclic) bond motifs is 2. The van der Waals surface area contributed by atoms with Gasteiger partial charge in [-0.1, -0.05) is 84.0 Å². The van der Waals surface area contributed by atoms with Gasteiger partial charge in [0.05, 0.1) is 22.7 Å². The molecule has 1 aliphatic heterocycles. The van der Waals surface area contributed by atoms with Gasteiger partial charge in [-0.3, -0.25) is 9.36 Å². The third-order valence-corrected chi connectivity index (χ3v) is 9.60. The number of rotatable bonds is 5. The SMILES string of the molecule is CC(c1nnc2n1N=C(c1ccccc1)CC(c1ccccc1)S2)n1c(-c2ccc(Cl)cc2)nc2ccc(I)cc2c1=O. The van der Waals surface area contributed by atoms with Crippen molar-refractivity contribution in [1.29, 1.82) is 0 Å². The maximum Gasteiger partial charge on any atom is 0.262 e. The predicted octanol–water partition coefficient (Wildman–Crippen LogP) is 8.01. The van der Waals surface area contributed by atoms with Gasteiger partial charge in [0.2, 0.25) is 5.16 Å². The quantitative estimate of drug-likeness (QED) is 0.169. The number of benzene rings is 4. The molecule has 2 unspecified atom stereocenters. The first-order valence-electron chi connectivity index (χ1n) is 13.7. The van der Waals surface area contributed by atoms with Gasteiger partial charge in [-0.15, -0.1) is 10.2 Å². The summed E-state index contributed by atoms with van der Waals surface area (Å²) >= 11 is 10.1. The number of hydrogen-bond donors (Lipinski definition) is 0. The van der Waals surface area contributed by atoms with Gasteiger partial charge in [0.1, 0.15) is 5.82 Å². The summed E-state index contributed by atoms with van der Waals surface area (Å²) in [6.45, 7) is 1.95. The van der Waals surface area contributed by atoms with Crippen LogP contribution < -0.4 is 5.56 Å². The fraction of sp³-hybridized carbons (Fsp3) is 0.121. The van der Waals surface area contributed by atoms with Crippen LogP contribution in [0.15, 0.2) is 118 Å². The molecule has 212 valence electrons. The van der Waals surface area contributed by atoms with Crippen LogP contribution in [0.25, 0.3) is 22.3 Å². The van der Waals surface area contributed by atoms with E-state index in [0.717, 1.165) is 20.4 Å². The maximum atomic E-state index is 14.2. The van der Waals surface area contributed by atoms with Crippen molar-refractivity contribution in [2.75, 3.05) is 0 Å². The van der Waals surface area contributed by atoms with Crippen molar-refractivity contribution in [2.24, 2.45) is 5.10 Å². The molecule has 0 fully saturated rings. The van der Waals surface area contributed by atoms with Crippen LogP contribution >= 0.6 is 46.0 Å². The second-order valence-electron chi connectivity index (χ2n) is 10.2. The van der Waals surface area contributed by atoms with Crippen LogP contribution in [0.1, 0.15) is 41.6 Å². The molecule has 6 aromatic rings. The molecule has 2 atom stereocenters. The lowest BCUT2D eigenvalue weighted by Gasteiger charge is -2.20. The lowest BCUT2D eigenvalue weighted by Crippen LogP contribution is -2.28. The van der Waals surface area contributed by atoms with Gasteiger partial charge in [0.25, 0.3) is 5.56 Å². The lowest BCUT2D eigenvalue weighted by molar-refractivity contribution is 0.548. The van der Waals surface area contributed by atoms with Crippen molar-refractivity contribution in [1.82, 2.24) is 24.4 Å². The predicted molar refractivity (Wildman–Crippen MR) is 181 cm³/mol. The molecule has 3 heterocycles. The molecule has 0 aliphatic carbocycles. The second-order valence-corrected chi connectivity index (χ2v) is 13.1. The molecule has 0 amide bonds. The van der Waals surface area contributed by atoms with Gasteiger partial charge in [-0.25, -0.2) is 4.98 Å². The van der Waals surface area contributed by atoms with Gasteiger partial charge in [-0.2, -0.15) is 9.78 Å². The van der Waals surface area contributed by atoms with E-state index in [9.17, 15) is 4.79 Å². The monoisotopic (exact) mass is 714 g/mol. The number of thioether (sulfide) groups is 1. The normalized spacial score (nSPS) is 15.5. The minimum atomic E-state index is -0.538. The van der Waals surface area contributed by atoms with E-state index >= 15 is 0 Å². The highest BCUT2D eigenvalue weighted by Crippen LogP contribution is 2.41. The molecular formula is C33H24ClIN6OS. The van der Waals surface area contributed by atoms with Gasteiger partial charge in [0.15, 0.2) is 5.82 Å². The minimum absolute atomic E-state index is 0.0884. The fourth-order valence-electron chi connectivity index (χ4n) is 5.32. The van der Waals surface area contributed by atoms with Crippen molar-refractivity contribution in [2.45, 2.75) is 29.8 Å². The summed E-state index contributed by atoms with van der Waals surface area (Å²) in [7, 11) is 0. The van der Waals surface area contributed by atoms with Crippen molar-refractivity contribution >= 4 is 62.6 Å². The molecule has 7 rings (SSSR count). The van der Waals surface area contributed by atoms with Crippen LogP contribution in [0, 0.1) is 3.57 Å². The standard InChI is InChI=1S/C33H24ClIN6OS/c1-20(40-31(23-12-14-24(34)15-13-23)36-27-17-16-25(35)18-26(27)32(40)42)30-37-38-33-41(30)39-28(21-8-4-2-5-9-21)19-29(43-33)22-10-6-3-7-11-22/h2-18,20,29H,19H2,1H3. The Morgan fingerprint density at radius 3 is 2.37 bits per heavy atom. The van der Waals surface area contributed by atoms with Crippen LogP contribution in [0.2, 0.25) is 5.02 Å². The molecule has 7 nitrogen and oxygen atoms in total. The third-order valence-electron chi connectivity index (χ3n) is 7.49. The summed E-state index contributed by atoms with van der Waals surface area (Å²) in [5, 5.41) is 16.3. The summed E-state index contributed by atoms with van der Waals surface area (Å²) in [6, 6.07) is 33.1. The summed E-state index contributed by atoms with van der Waals surface area (Å²) < 4.78 is 4.46.